The van der Waals surface area contributed by atoms with E-state index in [1.165, 1.54) is 18.0 Å². The van der Waals surface area contributed by atoms with Gasteiger partial charge in [-0.05, 0) is 37.3 Å². The number of rotatable bonds is 6. The number of thioether (sulfide) groups is 1. The molecule has 3 heterocycles. The van der Waals surface area contributed by atoms with Crippen LogP contribution in [0, 0.1) is 0 Å². The smallest absolute Gasteiger partial charge is 0.238 e. The van der Waals surface area contributed by atoms with Gasteiger partial charge in [-0.15, -0.1) is 21.5 Å². The van der Waals surface area contributed by atoms with Gasteiger partial charge in [-0.25, -0.2) is 4.98 Å². The average Bonchev–Trinajstić information content (AvgIpc) is 3.16. The number of carbonyl (C=O) groups is 1. The predicted molar refractivity (Wildman–Crippen MR) is 110 cm³/mol. The fourth-order valence-corrected chi connectivity index (χ4v) is 4.58. The Morgan fingerprint density at radius 1 is 1.41 bits per heavy atom. The van der Waals surface area contributed by atoms with Crippen molar-refractivity contribution in [1.82, 2.24) is 19.7 Å². The molecule has 1 atom stereocenters. The standard InChI is InChI=1S/C17H15Cl2N5OS2/c1-9(16(25)21-14-12(19)7-10(18)8-20-14)27-17-23-22-15(13-3-2-6-26-13)24(17)11-4-5-11/h2-3,6-9,11H,4-5H2,1H3,(H,20,21,25). The second-order valence-corrected chi connectivity index (χ2v) is 9.22. The molecule has 27 heavy (non-hydrogen) atoms. The Morgan fingerprint density at radius 2 is 2.22 bits per heavy atom. The van der Waals surface area contributed by atoms with Gasteiger partial charge in [0.15, 0.2) is 16.8 Å². The van der Waals surface area contributed by atoms with E-state index in [-0.39, 0.29) is 5.91 Å². The van der Waals surface area contributed by atoms with Crippen molar-refractivity contribution in [2.45, 2.75) is 36.2 Å². The second-order valence-electron chi connectivity index (χ2n) is 6.12. The zero-order valence-corrected chi connectivity index (χ0v) is 17.4. The molecule has 1 aliphatic rings. The number of anilines is 1. The molecule has 1 amide bonds. The van der Waals surface area contributed by atoms with Gasteiger partial charge in [0, 0.05) is 12.2 Å². The zero-order chi connectivity index (χ0) is 19.0. The van der Waals surface area contributed by atoms with Crippen LogP contribution in [-0.2, 0) is 4.79 Å². The SMILES string of the molecule is CC(Sc1nnc(-c2cccs2)n1C1CC1)C(=O)Nc1ncc(Cl)cc1Cl. The number of halogens is 2. The summed E-state index contributed by atoms with van der Waals surface area (Å²) in [7, 11) is 0. The topological polar surface area (TPSA) is 72.7 Å². The van der Waals surface area contributed by atoms with Crippen LogP contribution in [0.25, 0.3) is 10.7 Å². The van der Waals surface area contributed by atoms with Crippen molar-refractivity contribution in [3.05, 3.63) is 39.8 Å². The van der Waals surface area contributed by atoms with E-state index in [9.17, 15) is 4.79 Å². The van der Waals surface area contributed by atoms with E-state index in [0.717, 1.165) is 28.7 Å². The highest BCUT2D eigenvalue weighted by Gasteiger charge is 2.31. The Balaban J connectivity index is 1.51. The first kappa shape index (κ1) is 18.7. The molecule has 0 aromatic carbocycles. The third-order valence-corrected chi connectivity index (χ3v) is 6.44. The van der Waals surface area contributed by atoms with Crippen molar-refractivity contribution >= 4 is 58.0 Å². The van der Waals surface area contributed by atoms with Crippen LogP contribution in [0.1, 0.15) is 25.8 Å². The van der Waals surface area contributed by atoms with Gasteiger partial charge in [-0.3, -0.25) is 9.36 Å². The Morgan fingerprint density at radius 3 is 2.89 bits per heavy atom. The number of hydrogen-bond acceptors (Lipinski definition) is 6. The molecule has 1 fully saturated rings. The summed E-state index contributed by atoms with van der Waals surface area (Å²) >= 11 is 14.9. The summed E-state index contributed by atoms with van der Waals surface area (Å²) in [6, 6.07) is 5.98. The number of amides is 1. The molecule has 0 bridgehead atoms. The lowest BCUT2D eigenvalue weighted by Crippen LogP contribution is -2.23. The Hall–Kier alpha value is -1.61. The summed E-state index contributed by atoms with van der Waals surface area (Å²) in [6.07, 6.45) is 3.65. The van der Waals surface area contributed by atoms with E-state index in [4.69, 9.17) is 23.2 Å². The lowest BCUT2D eigenvalue weighted by molar-refractivity contribution is -0.115. The quantitative estimate of drug-likeness (QED) is 0.536. The molecule has 3 aromatic heterocycles. The summed E-state index contributed by atoms with van der Waals surface area (Å²) in [5, 5.41) is 14.5. The Bertz CT molecular complexity index is 972. The van der Waals surface area contributed by atoms with Crippen LogP contribution in [-0.4, -0.2) is 30.9 Å². The van der Waals surface area contributed by atoms with Crippen molar-refractivity contribution in [1.29, 1.82) is 0 Å². The molecule has 0 saturated heterocycles. The van der Waals surface area contributed by atoms with E-state index in [2.05, 4.69) is 25.1 Å². The van der Waals surface area contributed by atoms with E-state index in [1.807, 2.05) is 24.4 Å². The zero-order valence-electron chi connectivity index (χ0n) is 14.2. The van der Waals surface area contributed by atoms with Crippen LogP contribution in [0.4, 0.5) is 5.82 Å². The number of hydrogen-bond donors (Lipinski definition) is 1. The summed E-state index contributed by atoms with van der Waals surface area (Å²) < 4.78 is 2.15. The summed E-state index contributed by atoms with van der Waals surface area (Å²) in [4.78, 5) is 17.7. The average molecular weight is 440 g/mol. The highest BCUT2D eigenvalue weighted by Crippen LogP contribution is 2.42. The maximum absolute atomic E-state index is 12.6. The first-order chi connectivity index (χ1) is 13.0. The highest BCUT2D eigenvalue weighted by atomic mass is 35.5. The van der Waals surface area contributed by atoms with E-state index in [0.29, 0.717) is 21.9 Å². The van der Waals surface area contributed by atoms with Crippen molar-refractivity contribution < 1.29 is 4.79 Å². The molecule has 3 aromatic rings. The van der Waals surface area contributed by atoms with Crippen LogP contribution >= 0.6 is 46.3 Å². The lowest BCUT2D eigenvalue weighted by atomic mass is 10.4. The lowest BCUT2D eigenvalue weighted by Gasteiger charge is -2.13. The van der Waals surface area contributed by atoms with Gasteiger partial charge in [0.05, 0.1) is 20.2 Å². The van der Waals surface area contributed by atoms with Gasteiger partial charge in [-0.2, -0.15) is 0 Å². The van der Waals surface area contributed by atoms with Crippen LogP contribution in [0.5, 0.6) is 0 Å². The minimum Gasteiger partial charge on any atom is -0.308 e. The number of nitrogens with zero attached hydrogens (tertiary/aromatic N) is 4. The van der Waals surface area contributed by atoms with Gasteiger partial charge in [0.1, 0.15) is 0 Å². The number of nitrogens with one attached hydrogen (secondary N) is 1. The molecule has 6 nitrogen and oxygen atoms in total. The van der Waals surface area contributed by atoms with Gasteiger partial charge in [-0.1, -0.05) is 41.0 Å². The molecule has 0 aliphatic heterocycles. The first-order valence-corrected chi connectivity index (χ1v) is 10.8. The Kier molecular flexibility index (Phi) is 5.41. The molecule has 10 heteroatoms. The molecular weight excluding hydrogens is 425 g/mol. The van der Waals surface area contributed by atoms with Gasteiger partial charge in [0.25, 0.3) is 0 Å². The van der Waals surface area contributed by atoms with Crippen LogP contribution in [0.3, 0.4) is 0 Å². The minimum absolute atomic E-state index is 0.209. The van der Waals surface area contributed by atoms with E-state index < -0.39 is 5.25 Å². The molecule has 140 valence electrons. The number of thiophene rings is 1. The maximum Gasteiger partial charge on any atom is 0.238 e. The fourth-order valence-electron chi connectivity index (χ4n) is 2.53. The van der Waals surface area contributed by atoms with E-state index in [1.54, 1.807) is 17.4 Å². The summed E-state index contributed by atoms with van der Waals surface area (Å²) in [6.45, 7) is 1.82. The molecule has 1 unspecified atom stereocenters. The van der Waals surface area contributed by atoms with Gasteiger partial charge >= 0.3 is 0 Å². The molecule has 1 N–H and O–H groups in total. The normalized spacial score (nSPS) is 14.9. The molecule has 4 rings (SSSR count). The number of pyridine rings is 1. The summed E-state index contributed by atoms with van der Waals surface area (Å²) in [5.74, 6) is 0.950. The van der Waals surface area contributed by atoms with Crippen LogP contribution < -0.4 is 5.32 Å². The van der Waals surface area contributed by atoms with Gasteiger partial charge in [0.2, 0.25) is 5.91 Å². The molecule has 0 radical (unpaired) electrons. The number of carbonyl (C=O) groups excluding carboxylic acids is 1. The molecular formula is C17H15Cl2N5OS2. The monoisotopic (exact) mass is 439 g/mol. The minimum atomic E-state index is -0.392. The van der Waals surface area contributed by atoms with Crippen molar-refractivity contribution in [3.8, 4) is 10.7 Å². The Labute approximate surface area is 174 Å². The van der Waals surface area contributed by atoms with Crippen molar-refractivity contribution in [2.24, 2.45) is 0 Å². The summed E-state index contributed by atoms with van der Waals surface area (Å²) in [5.41, 5.74) is 0. The number of aromatic nitrogens is 4. The van der Waals surface area contributed by atoms with E-state index >= 15 is 0 Å². The maximum atomic E-state index is 12.6. The fraction of sp³-hybridized carbons (Fsp3) is 0.294. The largest absolute Gasteiger partial charge is 0.308 e. The third kappa shape index (κ3) is 4.13. The highest BCUT2D eigenvalue weighted by molar-refractivity contribution is 8.00. The van der Waals surface area contributed by atoms with Crippen LogP contribution in [0.2, 0.25) is 10.0 Å². The van der Waals surface area contributed by atoms with Crippen molar-refractivity contribution in [2.75, 3.05) is 5.32 Å². The first-order valence-electron chi connectivity index (χ1n) is 8.30. The van der Waals surface area contributed by atoms with Gasteiger partial charge < -0.3 is 5.32 Å². The second kappa shape index (κ2) is 7.79. The molecule has 1 aliphatic carbocycles. The van der Waals surface area contributed by atoms with Crippen LogP contribution in [0.15, 0.2) is 34.9 Å². The molecule has 0 spiro atoms. The van der Waals surface area contributed by atoms with Crippen molar-refractivity contribution in [3.63, 3.8) is 0 Å². The molecule has 1 saturated carbocycles. The third-order valence-electron chi connectivity index (χ3n) is 4.02. The predicted octanol–water partition coefficient (Wildman–Crippen LogP) is 5.16.